The predicted octanol–water partition coefficient (Wildman–Crippen LogP) is 20.8. The Hall–Kier alpha value is -10.7. The van der Waals surface area contributed by atoms with Gasteiger partial charge < -0.3 is 14.4 Å². The third-order valence-electron chi connectivity index (χ3n) is 18.1. The van der Waals surface area contributed by atoms with Crippen LogP contribution in [0.1, 0.15) is 44.5 Å². The van der Waals surface area contributed by atoms with E-state index in [0.29, 0.717) is 0 Å². The number of anilines is 3. The predicted molar refractivity (Wildman–Crippen MR) is 338 cm³/mol. The molecule has 13 aromatic rings. The maximum atomic E-state index is 6.62. The first-order chi connectivity index (χ1) is 41.1. The van der Waals surface area contributed by atoms with Gasteiger partial charge in [0.2, 0.25) is 0 Å². The number of para-hydroxylation sites is 5. The quantitative estimate of drug-likeness (QED) is 0.159. The molecule has 3 nitrogen and oxygen atoms in total. The van der Waals surface area contributed by atoms with Gasteiger partial charge in [0.05, 0.1) is 16.5 Å². The van der Waals surface area contributed by atoms with E-state index in [1.165, 1.54) is 89.0 Å². The molecule has 3 heteroatoms. The van der Waals surface area contributed by atoms with Crippen LogP contribution in [0.25, 0.3) is 66.8 Å². The second kappa shape index (κ2) is 18.4. The number of fused-ring (bicyclic) bond motifs is 18. The molecule has 2 aliphatic heterocycles. The minimum Gasteiger partial charge on any atom is -0.457 e. The van der Waals surface area contributed by atoms with Gasteiger partial charge in [-0.25, -0.2) is 0 Å². The van der Waals surface area contributed by atoms with Crippen molar-refractivity contribution in [3.63, 3.8) is 0 Å². The average molecular weight is 1060 g/mol. The van der Waals surface area contributed by atoms with Gasteiger partial charge in [-0.05, 0) is 150 Å². The lowest BCUT2D eigenvalue weighted by Gasteiger charge is -2.39. The first-order valence-corrected chi connectivity index (χ1v) is 28.6. The van der Waals surface area contributed by atoms with Gasteiger partial charge in [0.15, 0.2) is 0 Å². The van der Waals surface area contributed by atoms with Crippen LogP contribution in [-0.4, -0.2) is 0 Å². The van der Waals surface area contributed by atoms with Crippen molar-refractivity contribution >= 4 is 17.1 Å². The molecule has 0 unspecified atom stereocenters. The fourth-order valence-electron chi connectivity index (χ4n) is 14.5. The summed E-state index contributed by atoms with van der Waals surface area (Å²) in [6.45, 7) is 0. The van der Waals surface area contributed by atoms with Gasteiger partial charge in [0, 0.05) is 39.2 Å². The molecule has 17 rings (SSSR count). The Morgan fingerprint density at radius 1 is 0.205 bits per heavy atom. The van der Waals surface area contributed by atoms with Crippen LogP contribution in [0.4, 0.5) is 17.1 Å². The molecule has 0 saturated carbocycles. The molecule has 0 N–H and O–H groups in total. The van der Waals surface area contributed by atoms with Crippen molar-refractivity contribution in [1.82, 2.24) is 0 Å². The van der Waals surface area contributed by atoms with Crippen LogP contribution < -0.4 is 14.4 Å². The van der Waals surface area contributed by atoms with Crippen LogP contribution >= 0.6 is 0 Å². The minimum absolute atomic E-state index is 0.509. The monoisotopic (exact) mass is 1060 g/mol. The topological polar surface area (TPSA) is 21.7 Å². The second-order valence-electron chi connectivity index (χ2n) is 22.2. The van der Waals surface area contributed by atoms with Crippen molar-refractivity contribution in [3.8, 4) is 89.8 Å². The molecule has 0 radical (unpaired) electrons. The summed E-state index contributed by atoms with van der Waals surface area (Å²) in [5.41, 5.74) is 26.3. The first kappa shape index (κ1) is 47.1. The summed E-state index contributed by atoms with van der Waals surface area (Å²) in [4.78, 5) is 2.42. The molecular formula is C80H51NO2. The SMILES string of the molecule is c1ccc(-c2ccc(-c3ccccc3N(c3ccc(-c4ccc5c(c4)-c4ccccc4C54c5ccccc5Oc5ccccc54)cc3)c3ccc(-c4ccc5c(c4)-c4ccccc4C54c5ccccc5Oc5ccccc54)cc3)cc2)cc1. The van der Waals surface area contributed by atoms with Gasteiger partial charge >= 0.3 is 0 Å². The van der Waals surface area contributed by atoms with Crippen molar-refractivity contribution in [2.24, 2.45) is 0 Å². The first-order valence-electron chi connectivity index (χ1n) is 28.6. The van der Waals surface area contributed by atoms with E-state index in [1.807, 2.05) is 0 Å². The van der Waals surface area contributed by atoms with Gasteiger partial charge in [-0.1, -0.05) is 243 Å². The van der Waals surface area contributed by atoms with E-state index in [4.69, 9.17) is 9.47 Å². The Labute approximate surface area is 483 Å². The highest BCUT2D eigenvalue weighted by molar-refractivity contribution is 5.94. The van der Waals surface area contributed by atoms with E-state index in [-0.39, 0.29) is 0 Å². The maximum Gasteiger partial charge on any atom is 0.132 e. The zero-order valence-electron chi connectivity index (χ0n) is 45.2. The molecule has 0 fully saturated rings. The molecule has 0 aromatic heterocycles. The number of benzene rings is 13. The van der Waals surface area contributed by atoms with E-state index < -0.39 is 10.8 Å². The number of ether oxygens (including phenoxy) is 2. The highest BCUT2D eigenvalue weighted by atomic mass is 16.5. The molecule has 388 valence electrons. The lowest BCUT2D eigenvalue weighted by atomic mass is 9.66. The molecule has 0 bridgehead atoms. The fraction of sp³-hybridized carbons (Fsp3) is 0.0250. The van der Waals surface area contributed by atoms with Gasteiger partial charge in [-0.15, -0.1) is 0 Å². The molecular weight excluding hydrogens is 1010 g/mol. The fourth-order valence-corrected chi connectivity index (χ4v) is 14.5. The Bertz CT molecular complexity index is 4400. The Morgan fingerprint density at radius 3 is 0.952 bits per heavy atom. The third kappa shape index (κ3) is 6.92. The molecule has 0 atom stereocenters. The third-order valence-corrected chi connectivity index (χ3v) is 18.1. The van der Waals surface area contributed by atoms with Gasteiger partial charge in [-0.3, -0.25) is 0 Å². The summed E-state index contributed by atoms with van der Waals surface area (Å²) in [6.07, 6.45) is 0. The van der Waals surface area contributed by atoms with Crippen molar-refractivity contribution in [3.05, 3.63) is 354 Å². The average Bonchev–Trinajstić information content (AvgIpc) is 1.92. The smallest absolute Gasteiger partial charge is 0.132 e. The zero-order valence-corrected chi connectivity index (χ0v) is 45.2. The minimum atomic E-state index is -0.509. The summed E-state index contributed by atoms with van der Waals surface area (Å²) in [5.74, 6) is 3.59. The van der Waals surface area contributed by atoms with Crippen molar-refractivity contribution < 1.29 is 9.47 Å². The summed E-state index contributed by atoms with van der Waals surface area (Å²) >= 11 is 0. The van der Waals surface area contributed by atoms with Crippen LogP contribution in [0.3, 0.4) is 0 Å². The summed E-state index contributed by atoms with van der Waals surface area (Å²) in [7, 11) is 0. The zero-order chi connectivity index (χ0) is 54.6. The van der Waals surface area contributed by atoms with Crippen LogP contribution in [0.5, 0.6) is 23.0 Å². The van der Waals surface area contributed by atoms with Crippen LogP contribution in [0.15, 0.2) is 309 Å². The lowest BCUT2D eigenvalue weighted by Crippen LogP contribution is -2.32. The number of nitrogens with zero attached hydrogens (tertiary/aromatic N) is 1. The number of hydrogen-bond acceptors (Lipinski definition) is 3. The maximum absolute atomic E-state index is 6.62. The molecule has 0 saturated heterocycles. The highest BCUT2D eigenvalue weighted by Crippen LogP contribution is 2.64. The molecule has 13 aromatic carbocycles. The largest absolute Gasteiger partial charge is 0.457 e. The Kier molecular flexibility index (Phi) is 10.4. The molecule has 2 aliphatic carbocycles. The molecule has 83 heavy (non-hydrogen) atoms. The van der Waals surface area contributed by atoms with Crippen LogP contribution in [-0.2, 0) is 10.8 Å². The normalized spacial score (nSPS) is 13.7. The molecule has 2 heterocycles. The summed E-state index contributed by atoms with van der Waals surface area (Å²) in [5, 5.41) is 0. The van der Waals surface area contributed by atoms with E-state index in [2.05, 4.69) is 314 Å². The van der Waals surface area contributed by atoms with Crippen molar-refractivity contribution in [2.45, 2.75) is 10.8 Å². The van der Waals surface area contributed by atoms with Gasteiger partial charge in [0.25, 0.3) is 0 Å². The van der Waals surface area contributed by atoms with E-state index >= 15 is 0 Å². The molecule has 0 amide bonds. The lowest BCUT2D eigenvalue weighted by molar-refractivity contribution is 0.436. The van der Waals surface area contributed by atoms with Gasteiger partial charge in [-0.2, -0.15) is 0 Å². The van der Waals surface area contributed by atoms with Gasteiger partial charge in [0.1, 0.15) is 23.0 Å². The van der Waals surface area contributed by atoms with Crippen molar-refractivity contribution in [1.29, 1.82) is 0 Å². The van der Waals surface area contributed by atoms with Crippen molar-refractivity contribution in [2.75, 3.05) is 4.90 Å². The van der Waals surface area contributed by atoms with Crippen LogP contribution in [0.2, 0.25) is 0 Å². The molecule has 4 aliphatic rings. The highest BCUT2D eigenvalue weighted by Gasteiger charge is 2.52. The Morgan fingerprint density at radius 2 is 0.506 bits per heavy atom. The Balaban J connectivity index is 0.772. The summed E-state index contributed by atoms with van der Waals surface area (Å²) < 4.78 is 13.2. The standard InChI is InChI=1S/C80H51NO2/c1-2-18-52(19-3-1)53-34-36-56(37-35-53)61-20-6-13-29-74(61)81(59-44-38-54(39-45-59)57-42-48-68-64(50-57)62-21-4-7-23-66(62)79(68)70-25-9-14-30-75(70)82-76-31-15-10-26-71(76)79)60-46-40-55(41-47-60)58-43-49-69-65(51-58)63-22-5-8-24-67(63)80(69)72-27-11-16-32-77(72)83-78-33-17-12-28-73(78)80/h1-51H. The number of rotatable bonds is 7. The number of hydrogen-bond donors (Lipinski definition) is 0. The summed E-state index contributed by atoms with van der Waals surface area (Å²) in [6, 6.07) is 113. The molecule has 2 spiro atoms. The van der Waals surface area contributed by atoms with Crippen LogP contribution in [0, 0.1) is 0 Å². The van der Waals surface area contributed by atoms with E-state index in [1.54, 1.807) is 0 Å². The second-order valence-corrected chi connectivity index (χ2v) is 22.2. The van der Waals surface area contributed by atoms with E-state index in [9.17, 15) is 0 Å². The van der Waals surface area contributed by atoms with E-state index in [0.717, 1.165) is 62.3 Å².